The Labute approximate surface area is 223 Å². The monoisotopic (exact) mass is 495 g/mol. The second-order valence-corrected chi connectivity index (χ2v) is 9.45. The predicted octanol–water partition coefficient (Wildman–Crippen LogP) is 8.30. The van der Waals surface area contributed by atoms with Crippen LogP contribution in [0.1, 0.15) is 62.3 Å². The maximum Gasteiger partial charge on any atom is 0.129 e. The fourth-order valence-electron chi connectivity index (χ4n) is 4.28. The lowest BCUT2D eigenvalue weighted by Gasteiger charge is -2.26. The van der Waals surface area contributed by atoms with Gasteiger partial charge in [-0.05, 0) is 100 Å². The summed E-state index contributed by atoms with van der Waals surface area (Å²) in [6, 6.07) is 14.5. The molecule has 37 heavy (non-hydrogen) atoms. The van der Waals surface area contributed by atoms with Crippen LogP contribution in [0.15, 0.2) is 85.1 Å². The number of allylic oxidation sites excluding steroid dienone is 3. The minimum Gasteiger partial charge on any atom is -0.465 e. The van der Waals surface area contributed by atoms with Gasteiger partial charge in [-0.15, -0.1) is 0 Å². The van der Waals surface area contributed by atoms with E-state index in [1.54, 1.807) is 6.26 Å². The van der Waals surface area contributed by atoms with Crippen LogP contribution in [0.4, 0.5) is 5.69 Å². The van der Waals surface area contributed by atoms with Crippen LogP contribution in [0.25, 0.3) is 23.6 Å². The Balaban J connectivity index is 1.72. The molecule has 0 atom stereocenters. The summed E-state index contributed by atoms with van der Waals surface area (Å²) in [5.41, 5.74) is 5.79. The molecule has 2 aromatic carbocycles. The lowest BCUT2D eigenvalue weighted by molar-refractivity contribution is 0.244. The molecule has 1 aliphatic rings. The van der Waals surface area contributed by atoms with Gasteiger partial charge in [0.1, 0.15) is 11.6 Å². The molecule has 0 aliphatic carbocycles. The number of benzene rings is 2. The van der Waals surface area contributed by atoms with Crippen molar-refractivity contribution in [3.05, 3.63) is 102 Å². The Morgan fingerprint density at radius 2 is 1.95 bits per heavy atom. The van der Waals surface area contributed by atoms with Crippen molar-refractivity contribution in [2.24, 2.45) is 10.9 Å². The van der Waals surface area contributed by atoms with Crippen LogP contribution in [0.2, 0.25) is 0 Å². The fraction of sp³-hybridized carbons (Fsp3) is 0.303. The molecule has 0 aromatic heterocycles. The minimum atomic E-state index is 0.654. The van der Waals surface area contributed by atoms with E-state index in [9.17, 15) is 0 Å². The van der Waals surface area contributed by atoms with Crippen molar-refractivity contribution in [1.82, 2.24) is 10.2 Å². The average molecular weight is 496 g/mol. The van der Waals surface area contributed by atoms with E-state index in [-0.39, 0.29) is 0 Å². The lowest BCUT2D eigenvalue weighted by atomic mass is 9.96. The van der Waals surface area contributed by atoms with Crippen LogP contribution in [-0.4, -0.2) is 30.9 Å². The highest BCUT2D eigenvalue weighted by atomic mass is 16.5. The summed E-state index contributed by atoms with van der Waals surface area (Å²) in [7, 11) is 2.20. The predicted molar refractivity (Wildman–Crippen MR) is 161 cm³/mol. The molecule has 4 heteroatoms. The van der Waals surface area contributed by atoms with Crippen molar-refractivity contribution in [2.75, 3.05) is 20.1 Å². The molecule has 1 saturated heterocycles. The summed E-state index contributed by atoms with van der Waals surface area (Å²) in [5, 5.41) is 3.37. The van der Waals surface area contributed by atoms with E-state index in [0.29, 0.717) is 5.92 Å². The Morgan fingerprint density at radius 3 is 2.65 bits per heavy atom. The smallest absolute Gasteiger partial charge is 0.129 e. The molecule has 0 bridgehead atoms. The van der Waals surface area contributed by atoms with Crippen LogP contribution >= 0.6 is 0 Å². The molecule has 0 saturated carbocycles. The summed E-state index contributed by atoms with van der Waals surface area (Å²) < 4.78 is 5.82. The van der Waals surface area contributed by atoms with E-state index in [4.69, 9.17) is 9.73 Å². The molecule has 194 valence electrons. The molecule has 0 spiro atoms. The van der Waals surface area contributed by atoms with Gasteiger partial charge in [0.15, 0.2) is 0 Å². The first-order valence-corrected chi connectivity index (χ1v) is 13.2. The number of piperidine rings is 1. The number of nitrogens with zero attached hydrogens (tertiary/aromatic N) is 2. The fourth-order valence-corrected chi connectivity index (χ4v) is 4.28. The molecule has 1 heterocycles. The first-order valence-electron chi connectivity index (χ1n) is 13.2. The van der Waals surface area contributed by atoms with E-state index in [1.165, 1.54) is 31.5 Å². The third-order valence-electron chi connectivity index (χ3n) is 6.50. The van der Waals surface area contributed by atoms with Gasteiger partial charge in [0.2, 0.25) is 0 Å². The quantitative estimate of drug-likeness (QED) is 0.205. The van der Waals surface area contributed by atoms with Crippen molar-refractivity contribution in [2.45, 2.75) is 40.0 Å². The standard InChI is InChI=1S/C33H41N3O/c1-7-10-22-37-33(9-3)31-17-16-29(8-2)32(24-31)35-26(5)34-25(4)30-13-11-12-28(23-30)15-14-27-18-20-36(6)21-19-27/h8-17,22-24,27H,2,4,7,18-21H2,1,3,5-6H3,(H,34,35)/b15-14-,22-10+,33-9-. The molecular weight excluding hydrogens is 454 g/mol. The number of likely N-dealkylation sites (tertiary alicyclic amines) is 1. The van der Waals surface area contributed by atoms with Crippen LogP contribution < -0.4 is 5.32 Å². The normalized spacial score (nSPS) is 15.9. The van der Waals surface area contributed by atoms with Gasteiger partial charge < -0.3 is 15.0 Å². The molecule has 1 N–H and O–H groups in total. The Kier molecular flexibility index (Phi) is 10.7. The maximum atomic E-state index is 5.82. The molecule has 1 fully saturated rings. The van der Waals surface area contributed by atoms with Gasteiger partial charge in [-0.3, -0.25) is 0 Å². The van der Waals surface area contributed by atoms with Crippen LogP contribution in [0.3, 0.4) is 0 Å². The van der Waals surface area contributed by atoms with Gasteiger partial charge in [-0.1, -0.05) is 68.6 Å². The highest BCUT2D eigenvalue weighted by molar-refractivity contribution is 5.91. The molecule has 1 aliphatic heterocycles. The summed E-state index contributed by atoms with van der Waals surface area (Å²) in [6.45, 7) is 16.6. The van der Waals surface area contributed by atoms with E-state index in [2.05, 4.69) is 73.8 Å². The lowest BCUT2D eigenvalue weighted by Crippen LogP contribution is -2.29. The summed E-state index contributed by atoms with van der Waals surface area (Å²) >= 11 is 0. The summed E-state index contributed by atoms with van der Waals surface area (Å²) in [4.78, 5) is 7.25. The van der Waals surface area contributed by atoms with E-state index in [1.807, 2.05) is 50.3 Å². The molecule has 0 unspecified atom stereocenters. The Bertz CT molecular complexity index is 1190. The average Bonchev–Trinajstić information content (AvgIpc) is 2.91. The first-order chi connectivity index (χ1) is 17.9. The molecular formula is C33H41N3O. The first kappa shape index (κ1) is 27.9. The van der Waals surface area contributed by atoms with Crippen LogP contribution in [0.5, 0.6) is 0 Å². The number of rotatable bonds is 10. The van der Waals surface area contributed by atoms with E-state index < -0.39 is 0 Å². The number of hydrogen-bond acceptors (Lipinski definition) is 3. The van der Waals surface area contributed by atoms with Crippen molar-refractivity contribution < 1.29 is 4.74 Å². The highest BCUT2D eigenvalue weighted by Gasteiger charge is 2.13. The topological polar surface area (TPSA) is 36.9 Å². The van der Waals surface area contributed by atoms with E-state index >= 15 is 0 Å². The van der Waals surface area contributed by atoms with Gasteiger partial charge in [-0.2, -0.15) is 0 Å². The van der Waals surface area contributed by atoms with Gasteiger partial charge in [0.05, 0.1) is 11.9 Å². The number of amidine groups is 1. The van der Waals surface area contributed by atoms with Gasteiger partial charge in [0.25, 0.3) is 0 Å². The zero-order valence-electron chi connectivity index (χ0n) is 22.8. The van der Waals surface area contributed by atoms with Gasteiger partial charge >= 0.3 is 0 Å². The van der Waals surface area contributed by atoms with Gasteiger partial charge in [-0.25, -0.2) is 4.99 Å². The number of ether oxygens (including phenoxy) is 1. The van der Waals surface area contributed by atoms with Crippen molar-refractivity contribution in [3.63, 3.8) is 0 Å². The molecule has 2 aromatic rings. The van der Waals surface area contributed by atoms with E-state index in [0.717, 1.165) is 46.1 Å². The zero-order valence-corrected chi connectivity index (χ0v) is 22.8. The molecule has 3 rings (SSSR count). The Hall–Kier alpha value is -3.63. The SMILES string of the molecule is C=Cc1ccc(/C(=C/C)O/C=C/CC)cc1N=C(C)NC(=C)c1cccc(/C=C\C2CCN(C)CC2)c1. The second kappa shape index (κ2) is 14.2. The van der Waals surface area contributed by atoms with Crippen LogP contribution in [-0.2, 0) is 4.74 Å². The maximum absolute atomic E-state index is 5.82. The second-order valence-electron chi connectivity index (χ2n) is 9.45. The number of nitrogens with one attached hydrogen (secondary N) is 1. The number of aliphatic imine (C=N–C) groups is 1. The highest BCUT2D eigenvalue weighted by Crippen LogP contribution is 2.27. The number of hydrogen-bond donors (Lipinski definition) is 1. The van der Waals surface area contributed by atoms with Crippen molar-refractivity contribution >= 4 is 35.1 Å². The molecule has 0 radical (unpaired) electrons. The van der Waals surface area contributed by atoms with Crippen LogP contribution in [0, 0.1) is 5.92 Å². The molecule has 4 nitrogen and oxygen atoms in total. The van der Waals surface area contributed by atoms with Gasteiger partial charge in [0, 0.05) is 11.3 Å². The summed E-state index contributed by atoms with van der Waals surface area (Å²) in [5.74, 6) is 2.20. The minimum absolute atomic E-state index is 0.654. The molecule has 0 amide bonds. The van der Waals surface area contributed by atoms with Crippen molar-refractivity contribution in [1.29, 1.82) is 0 Å². The third-order valence-corrected chi connectivity index (χ3v) is 6.50. The van der Waals surface area contributed by atoms with Crippen molar-refractivity contribution in [3.8, 4) is 0 Å². The third kappa shape index (κ3) is 8.47. The largest absolute Gasteiger partial charge is 0.465 e. The summed E-state index contributed by atoms with van der Waals surface area (Å²) in [6.07, 6.45) is 15.5. The Morgan fingerprint density at radius 1 is 1.16 bits per heavy atom. The zero-order chi connectivity index (χ0) is 26.6.